The molecule has 3 N–H and O–H groups in total. The highest BCUT2D eigenvalue weighted by Gasteiger charge is 2.22. The average molecular weight is 461 g/mol. The lowest BCUT2D eigenvalue weighted by atomic mass is 10.1. The van der Waals surface area contributed by atoms with Gasteiger partial charge in [-0.15, -0.1) is 0 Å². The van der Waals surface area contributed by atoms with Gasteiger partial charge in [0.2, 0.25) is 21.8 Å². The average Bonchev–Trinajstić information content (AvgIpc) is 2.74. The second-order valence-corrected chi connectivity index (χ2v) is 9.34. The van der Waals surface area contributed by atoms with Crippen molar-refractivity contribution in [3.8, 4) is 0 Å². The van der Waals surface area contributed by atoms with E-state index < -0.39 is 22.0 Å². The number of benzene rings is 2. The van der Waals surface area contributed by atoms with Gasteiger partial charge in [0.15, 0.2) is 0 Å². The van der Waals surface area contributed by atoms with Crippen molar-refractivity contribution in [3.05, 3.63) is 54.1 Å². The van der Waals surface area contributed by atoms with Crippen molar-refractivity contribution in [2.45, 2.75) is 31.3 Å². The molecule has 0 radical (unpaired) electrons. The summed E-state index contributed by atoms with van der Waals surface area (Å²) in [7, 11) is -3.91. The molecular formula is C22H28N4O5S. The first kappa shape index (κ1) is 23.9. The summed E-state index contributed by atoms with van der Waals surface area (Å²) in [6.07, 6.45) is 0. The van der Waals surface area contributed by atoms with Crippen LogP contribution in [-0.2, 0) is 30.9 Å². The van der Waals surface area contributed by atoms with Crippen LogP contribution in [0.4, 0.5) is 11.4 Å². The molecule has 2 aromatic rings. The molecule has 10 heteroatoms. The molecule has 1 heterocycles. The van der Waals surface area contributed by atoms with Gasteiger partial charge in [-0.05, 0) is 48.9 Å². The Bertz CT molecular complexity index is 1050. The fourth-order valence-electron chi connectivity index (χ4n) is 3.29. The molecule has 0 saturated carbocycles. The zero-order chi connectivity index (χ0) is 23.1. The summed E-state index contributed by atoms with van der Waals surface area (Å²) in [5.74, 6) is -0.718. The van der Waals surface area contributed by atoms with Gasteiger partial charge >= 0.3 is 0 Å². The van der Waals surface area contributed by atoms with E-state index in [2.05, 4.69) is 20.3 Å². The SMILES string of the molecule is CC(=O)Nc1ccc(S(=O)(=O)N[C@@H](C)C(=O)Nc2cccc(CN3CCOCC3)c2)cc1. The third kappa shape index (κ3) is 6.86. The van der Waals surface area contributed by atoms with Crippen LogP contribution in [0.3, 0.4) is 0 Å². The quantitative estimate of drug-likeness (QED) is 0.553. The molecule has 0 aromatic heterocycles. The highest BCUT2D eigenvalue weighted by atomic mass is 32.2. The molecule has 1 fully saturated rings. The number of carbonyl (C=O) groups excluding carboxylic acids is 2. The Morgan fingerprint density at radius 2 is 1.72 bits per heavy atom. The Balaban J connectivity index is 1.59. The predicted octanol–water partition coefficient (Wildman–Crippen LogP) is 1.78. The fourth-order valence-corrected chi connectivity index (χ4v) is 4.49. The van der Waals surface area contributed by atoms with E-state index in [1.54, 1.807) is 6.07 Å². The first-order valence-electron chi connectivity index (χ1n) is 10.3. The summed E-state index contributed by atoms with van der Waals surface area (Å²) >= 11 is 0. The van der Waals surface area contributed by atoms with Crippen molar-refractivity contribution in [3.63, 3.8) is 0 Å². The number of morpholine rings is 1. The third-order valence-electron chi connectivity index (χ3n) is 4.91. The maximum absolute atomic E-state index is 12.6. The van der Waals surface area contributed by atoms with E-state index in [1.807, 2.05) is 18.2 Å². The Hall–Kier alpha value is -2.79. The highest BCUT2D eigenvalue weighted by molar-refractivity contribution is 7.89. The smallest absolute Gasteiger partial charge is 0.242 e. The zero-order valence-electron chi connectivity index (χ0n) is 18.1. The Kier molecular flexibility index (Phi) is 7.97. The first-order valence-corrected chi connectivity index (χ1v) is 11.8. The predicted molar refractivity (Wildman–Crippen MR) is 122 cm³/mol. The number of nitrogens with zero attached hydrogens (tertiary/aromatic N) is 1. The molecule has 1 aliphatic heterocycles. The van der Waals surface area contributed by atoms with E-state index in [4.69, 9.17) is 4.74 Å². The molecule has 2 amide bonds. The Morgan fingerprint density at radius 1 is 1.03 bits per heavy atom. The van der Waals surface area contributed by atoms with Crippen molar-refractivity contribution in [1.82, 2.24) is 9.62 Å². The number of sulfonamides is 1. The minimum absolute atomic E-state index is 0.00115. The molecule has 1 atom stereocenters. The number of amides is 2. The summed E-state index contributed by atoms with van der Waals surface area (Å²) < 4.78 is 33.0. The lowest BCUT2D eigenvalue weighted by Gasteiger charge is -2.26. The molecule has 2 aromatic carbocycles. The van der Waals surface area contributed by atoms with E-state index in [-0.39, 0.29) is 10.8 Å². The number of hydrogen-bond acceptors (Lipinski definition) is 6. The molecular weight excluding hydrogens is 432 g/mol. The lowest BCUT2D eigenvalue weighted by Crippen LogP contribution is -2.41. The van der Waals surface area contributed by atoms with Gasteiger partial charge in [-0.25, -0.2) is 8.42 Å². The molecule has 0 aliphatic carbocycles. The van der Waals surface area contributed by atoms with Crippen LogP contribution < -0.4 is 15.4 Å². The lowest BCUT2D eigenvalue weighted by molar-refractivity contribution is -0.117. The zero-order valence-corrected chi connectivity index (χ0v) is 18.9. The summed E-state index contributed by atoms with van der Waals surface area (Å²) in [5, 5.41) is 5.34. The molecule has 32 heavy (non-hydrogen) atoms. The molecule has 0 bridgehead atoms. The van der Waals surface area contributed by atoms with Crippen molar-refractivity contribution in [1.29, 1.82) is 0 Å². The van der Waals surface area contributed by atoms with Gasteiger partial charge in [-0.3, -0.25) is 14.5 Å². The van der Waals surface area contributed by atoms with Crippen molar-refractivity contribution in [2.75, 3.05) is 36.9 Å². The fraction of sp³-hybridized carbons (Fsp3) is 0.364. The van der Waals surface area contributed by atoms with Gasteiger partial charge < -0.3 is 15.4 Å². The van der Waals surface area contributed by atoms with E-state index in [0.717, 1.165) is 25.2 Å². The van der Waals surface area contributed by atoms with Crippen LogP contribution >= 0.6 is 0 Å². The largest absolute Gasteiger partial charge is 0.379 e. The molecule has 172 valence electrons. The van der Waals surface area contributed by atoms with E-state index in [0.29, 0.717) is 24.6 Å². The number of rotatable bonds is 8. The van der Waals surface area contributed by atoms with Crippen LogP contribution in [0, 0.1) is 0 Å². The monoisotopic (exact) mass is 460 g/mol. The molecule has 0 unspecified atom stereocenters. The Labute approximate surface area is 188 Å². The molecule has 3 rings (SSSR count). The van der Waals surface area contributed by atoms with Crippen molar-refractivity contribution in [2.24, 2.45) is 0 Å². The van der Waals surface area contributed by atoms with Crippen molar-refractivity contribution < 1.29 is 22.7 Å². The minimum atomic E-state index is -3.91. The maximum atomic E-state index is 12.6. The van der Waals surface area contributed by atoms with E-state index >= 15 is 0 Å². The number of hydrogen-bond donors (Lipinski definition) is 3. The molecule has 1 saturated heterocycles. The van der Waals surface area contributed by atoms with Gasteiger partial charge in [0.25, 0.3) is 0 Å². The van der Waals surface area contributed by atoms with E-state index in [9.17, 15) is 18.0 Å². The summed E-state index contributed by atoms with van der Waals surface area (Å²) in [6.45, 7) is 6.75. The molecule has 9 nitrogen and oxygen atoms in total. The van der Waals surface area contributed by atoms with Gasteiger partial charge in [0.1, 0.15) is 0 Å². The van der Waals surface area contributed by atoms with Crippen LogP contribution in [0.25, 0.3) is 0 Å². The van der Waals surface area contributed by atoms with Gasteiger partial charge in [0, 0.05) is 37.9 Å². The topological polar surface area (TPSA) is 117 Å². The third-order valence-corrected chi connectivity index (χ3v) is 6.47. The summed E-state index contributed by atoms with van der Waals surface area (Å²) in [6, 6.07) is 12.2. The van der Waals surface area contributed by atoms with Gasteiger partial charge in [-0.1, -0.05) is 12.1 Å². The normalized spacial score (nSPS) is 15.7. The van der Waals surface area contributed by atoms with Crippen LogP contribution in [0.1, 0.15) is 19.4 Å². The van der Waals surface area contributed by atoms with E-state index in [1.165, 1.54) is 38.1 Å². The number of anilines is 2. The van der Waals surface area contributed by atoms with Crippen molar-refractivity contribution >= 4 is 33.2 Å². The van der Waals surface area contributed by atoms with Crippen LogP contribution in [-0.4, -0.2) is 57.5 Å². The maximum Gasteiger partial charge on any atom is 0.242 e. The van der Waals surface area contributed by atoms with Crippen LogP contribution in [0.2, 0.25) is 0 Å². The molecule has 1 aliphatic rings. The Morgan fingerprint density at radius 3 is 2.38 bits per heavy atom. The standard InChI is InChI=1S/C22H28N4O5S/c1-16(25-32(29,30)21-8-6-19(7-9-21)23-17(2)27)22(28)24-20-5-3-4-18(14-20)15-26-10-12-31-13-11-26/h3-9,14,16,25H,10-13,15H2,1-2H3,(H,23,27)(H,24,28)/t16-/m0/s1. The van der Waals surface area contributed by atoms with Crippen LogP contribution in [0.5, 0.6) is 0 Å². The number of ether oxygens (including phenoxy) is 1. The first-order chi connectivity index (χ1) is 15.2. The van der Waals surface area contributed by atoms with Gasteiger partial charge in [0.05, 0.1) is 24.2 Å². The number of nitrogens with one attached hydrogen (secondary N) is 3. The van der Waals surface area contributed by atoms with Crippen LogP contribution in [0.15, 0.2) is 53.4 Å². The van der Waals surface area contributed by atoms with Gasteiger partial charge in [-0.2, -0.15) is 4.72 Å². The summed E-state index contributed by atoms with van der Waals surface area (Å²) in [4.78, 5) is 26.0. The second kappa shape index (κ2) is 10.7. The molecule has 0 spiro atoms. The summed E-state index contributed by atoms with van der Waals surface area (Å²) in [5.41, 5.74) is 2.14. The second-order valence-electron chi connectivity index (χ2n) is 7.63. The minimum Gasteiger partial charge on any atom is -0.379 e. The highest BCUT2D eigenvalue weighted by Crippen LogP contribution is 2.16. The number of carbonyl (C=O) groups is 2.